The molecule has 0 aliphatic carbocycles. The minimum absolute atomic E-state index is 0.378. The molecule has 2 aromatic rings. The highest BCUT2D eigenvalue weighted by Gasteiger charge is 2.15. The Morgan fingerprint density at radius 3 is 2.20 bits per heavy atom. The molecule has 0 aliphatic rings. The highest BCUT2D eigenvalue weighted by Crippen LogP contribution is 2.29. The Morgan fingerprint density at radius 1 is 1.00 bits per heavy atom. The third-order valence-corrected chi connectivity index (χ3v) is 3.25. The van der Waals surface area contributed by atoms with Crippen molar-refractivity contribution < 1.29 is 0 Å². The Kier molecular flexibility index (Phi) is 2.69. The van der Waals surface area contributed by atoms with Crippen molar-refractivity contribution in [3.63, 3.8) is 0 Å². The number of thiazole rings is 1. The number of fused-ring (bicyclic) bond motifs is 1. The molecule has 2 aromatic heterocycles. The van der Waals surface area contributed by atoms with Crippen molar-refractivity contribution in [2.45, 2.75) is 39.5 Å². The van der Waals surface area contributed by atoms with Crippen molar-refractivity contribution in [3.05, 3.63) is 16.9 Å². The fraction of sp³-hybridized carbons (Fsp3) is 0.545. The molecule has 2 heterocycles. The first-order chi connectivity index (χ1) is 7.11. The normalized spacial score (nSPS) is 11.9. The molecule has 0 radical (unpaired) electrons. The number of hydrogen-bond acceptors (Lipinski definition) is 4. The van der Waals surface area contributed by atoms with Gasteiger partial charge in [0.1, 0.15) is 5.52 Å². The zero-order valence-electron chi connectivity index (χ0n) is 9.48. The molecule has 4 heteroatoms. The molecule has 0 bridgehead atoms. The largest absolute Gasteiger partial charge is 0.243 e. The quantitative estimate of drug-likeness (QED) is 0.780. The third kappa shape index (κ3) is 1.74. The van der Waals surface area contributed by atoms with E-state index in [1.165, 1.54) is 4.70 Å². The Bertz CT molecular complexity index is 432. The number of nitrogens with zero attached hydrogens (tertiary/aromatic N) is 3. The molecule has 0 fully saturated rings. The van der Waals surface area contributed by atoms with Crippen LogP contribution in [0.4, 0.5) is 0 Å². The molecule has 0 saturated heterocycles. The highest BCUT2D eigenvalue weighted by molar-refractivity contribution is 7.16. The van der Waals surface area contributed by atoms with Crippen LogP contribution in [0.5, 0.6) is 0 Å². The maximum Gasteiger partial charge on any atom is 0.107 e. The lowest BCUT2D eigenvalue weighted by atomic mass is 10.1. The van der Waals surface area contributed by atoms with Crippen molar-refractivity contribution >= 4 is 21.6 Å². The van der Waals surface area contributed by atoms with Gasteiger partial charge in [-0.25, -0.2) is 4.98 Å². The van der Waals surface area contributed by atoms with E-state index < -0.39 is 0 Å². The fourth-order valence-corrected chi connectivity index (χ4v) is 2.51. The summed E-state index contributed by atoms with van der Waals surface area (Å²) >= 11 is 1.66. The van der Waals surface area contributed by atoms with Crippen LogP contribution in [0.1, 0.15) is 50.9 Å². The second-order valence-electron chi connectivity index (χ2n) is 4.31. The second kappa shape index (κ2) is 3.85. The molecule has 0 spiro atoms. The average molecular weight is 221 g/mol. The van der Waals surface area contributed by atoms with Gasteiger partial charge in [-0.1, -0.05) is 27.7 Å². The summed E-state index contributed by atoms with van der Waals surface area (Å²) in [6.07, 6.45) is 0. The Morgan fingerprint density at radius 2 is 1.60 bits per heavy atom. The van der Waals surface area contributed by atoms with Crippen LogP contribution in [-0.2, 0) is 0 Å². The molecular formula is C11H15N3S. The molecule has 0 unspecified atom stereocenters. The minimum Gasteiger partial charge on any atom is -0.243 e. The van der Waals surface area contributed by atoms with Gasteiger partial charge >= 0.3 is 0 Å². The maximum atomic E-state index is 4.40. The van der Waals surface area contributed by atoms with E-state index in [-0.39, 0.29) is 0 Å². The first-order valence-corrected chi connectivity index (χ1v) is 6.09. The van der Waals surface area contributed by atoms with E-state index in [0.29, 0.717) is 11.8 Å². The van der Waals surface area contributed by atoms with Gasteiger partial charge in [-0.2, -0.15) is 10.2 Å². The molecular weight excluding hydrogens is 206 g/mol. The van der Waals surface area contributed by atoms with Crippen molar-refractivity contribution in [1.29, 1.82) is 0 Å². The standard InChI is InChI=1S/C11H15N3S/c1-6(2)8-10-11(15-5-12-10)9(7(3)4)14-13-8/h5-7H,1-4H3. The van der Waals surface area contributed by atoms with E-state index in [1.807, 2.05) is 5.51 Å². The zero-order valence-corrected chi connectivity index (χ0v) is 10.3. The van der Waals surface area contributed by atoms with Crippen LogP contribution in [-0.4, -0.2) is 15.2 Å². The van der Waals surface area contributed by atoms with Gasteiger partial charge in [-0.3, -0.25) is 0 Å². The van der Waals surface area contributed by atoms with Crippen LogP contribution in [0, 0.1) is 0 Å². The molecule has 0 atom stereocenters. The minimum atomic E-state index is 0.378. The number of rotatable bonds is 2. The van der Waals surface area contributed by atoms with Crippen LogP contribution in [0.15, 0.2) is 5.51 Å². The summed E-state index contributed by atoms with van der Waals surface area (Å²) in [6, 6.07) is 0. The monoisotopic (exact) mass is 221 g/mol. The van der Waals surface area contributed by atoms with Gasteiger partial charge in [0.05, 0.1) is 21.6 Å². The SMILES string of the molecule is CC(C)c1nnc(C(C)C)c2scnc12. The molecule has 0 N–H and O–H groups in total. The average Bonchev–Trinajstić information content (AvgIpc) is 2.63. The fourth-order valence-electron chi connectivity index (χ4n) is 1.58. The summed E-state index contributed by atoms with van der Waals surface area (Å²) in [5.74, 6) is 0.782. The van der Waals surface area contributed by atoms with Crippen molar-refractivity contribution in [3.8, 4) is 0 Å². The van der Waals surface area contributed by atoms with Crippen LogP contribution in [0.25, 0.3) is 10.2 Å². The van der Waals surface area contributed by atoms with E-state index in [0.717, 1.165) is 16.9 Å². The Hall–Kier alpha value is -1.03. The smallest absolute Gasteiger partial charge is 0.107 e. The lowest BCUT2D eigenvalue weighted by molar-refractivity contribution is 0.750. The van der Waals surface area contributed by atoms with E-state index in [9.17, 15) is 0 Å². The van der Waals surface area contributed by atoms with E-state index >= 15 is 0 Å². The second-order valence-corrected chi connectivity index (χ2v) is 5.16. The summed E-state index contributed by atoms with van der Waals surface area (Å²) in [5.41, 5.74) is 4.99. The van der Waals surface area contributed by atoms with Crippen LogP contribution in [0.3, 0.4) is 0 Å². The topological polar surface area (TPSA) is 38.7 Å². The zero-order chi connectivity index (χ0) is 11.0. The molecule has 2 rings (SSSR count). The molecule has 0 saturated carbocycles. The molecule has 0 aromatic carbocycles. The van der Waals surface area contributed by atoms with Gasteiger partial charge in [0.2, 0.25) is 0 Å². The van der Waals surface area contributed by atoms with Crippen LogP contribution in [0.2, 0.25) is 0 Å². The lowest BCUT2D eigenvalue weighted by Crippen LogP contribution is -2.02. The van der Waals surface area contributed by atoms with Gasteiger partial charge in [-0.05, 0) is 11.8 Å². The van der Waals surface area contributed by atoms with Crippen LogP contribution >= 0.6 is 11.3 Å². The predicted molar refractivity (Wildman–Crippen MR) is 63.4 cm³/mol. The maximum absolute atomic E-state index is 4.40. The van der Waals surface area contributed by atoms with Gasteiger partial charge in [0.25, 0.3) is 0 Å². The van der Waals surface area contributed by atoms with Crippen LogP contribution < -0.4 is 0 Å². The number of hydrogen-bond donors (Lipinski definition) is 0. The highest BCUT2D eigenvalue weighted by atomic mass is 32.1. The predicted octanol–water partition coefficient (Wildman–Crippen LogP) is 3.33. The van der Waals surface area contributed by atoms with Crippen molar-refractivity contribution in [1.82, 2.24) is 15.2 Å². The van der Waals surface area contributed by atoms with E-state index in [1.54, 1.807) is 11.3 Å². The Balaban J connectivity index is 2.71. The van der Waals surface area contributed by atoms with Gasteiger partial charge < -0.3 is 0 Å². The summed E-state index contributed by atoms with van der Waals surface area (Å²) in [6.45, 7) is 8.52. The Labute approximate surface area is 93.6 Å². The molecule has 80 valence electrons. The molecule has 0 amide bonds. The van der Waals surface area contributed by atoms with Crippen molar-refractivity contribution in [2.24, 2.45) is 0 Å². The van der Waals surface area contributed by atoms with Crippen molar-refractivity contribution in [2.75, 3.05) is 0 Å². The summed E-state index contributed by atoms with van der Waals surface area (Å²) in [4.78, 5) is 4.40. The summed E-state index contributed by atoms with van der Waals surface area (Å²) < 4.78 is 1.20. The third-order valence-electron chi connectivity index (χ3n) is 2.40. The first-order valence-electron chi connectivity index (χ1n) is 5.21. The molecule has 3 nitrogen and oxygen atoms in total. The first kappa shape index (κ1) is 10.5. The van der Waals surface area contributed by atoms with E-state index in [4.69, 9.17) is 0 Å². The van der Waals surface area contributed by atoms with Gasteiger partial charge in [0.15, 0.2) is 0 Å². The summed E-state index contributed by atoms with van der Waals surface area (Å²) in [7, 11) is 0. The summed E-state index contributed by atoms with van der Waals surface area (Å²) in [5, 5.41) is 8.61. The lowest BCUT2D eigenvalue weighted by Gasteiger charge is -2.08. The van der Waals surface area contributed by atoms with E-state index in [2.05, 4.69) is 42.9 Å². The molecule has 15 heavy (non-hydrogen) atoms. The number of aromatic nitrogens is 3. The van der Waals surface area contributed by atoms with Gasteiger partial charge in [-0.15, -0.1) is 11.3 Å². The molecule has 0 aliphatic heterocycles. The van der Waals surface area contributed by atoms with Gasteiger partial charge in [0, 0.05) is 0 Å².